The predicted molar refractivity (Wildman–Crippen MR) is 111 cm³/mol. The normalized spacial score (nSPS) is 15.4. The molecule has 2 heterocycles. The molecule has 152 valence electrons. The van der Waals surface area contributed by atoms with Crippen LogP contribution in [-0.4, -0.2) is 39.2 Å². The van der Waals surface area contributed by atoms with Crippen molar-refractivity contribution in [2.75, 3.05) is 13.7 Å². The van der Waals surface area contributed by atoms with Crippen molar-refractivity contribution in [3.63, 3.8) is 0 Å². The standard InChI is InChI=1S/C20H21N3O5S/c1-5-8-21-19(24)18(29-20(21)25)10-14-9-12(2)22(13(14)3)16-11-15(23(26)27)6-7-17(16)28-4/h6-7,9-11H,5,8H2,1-4H3/b18-10+. The Hall–Kier alpha value is -3.07. The Morgan fingerprint density at radius 3 is 2.59 bits per heavy atom. The molecule has 1 aromatic heterocycles. The second kappa shape index (κ2) is 8.12. The van der Waals surface area contributed by atoms with Crippen molar-refractivity contribution < 1.29 is 19.2 Å². The first kappa shape index (κ1) is 20.7. The number of nitrogens with zero attached hydrogens (tertiary/aromatic N) is 3. The van der Waals surface area contributed by atoms with Gasteiger partial charge in [0.05, 0.1) is 22.6 Å². The summed E-state index contributed by atoms with van der Waals surface area (Å²) in [5.74, 6) is 0.201. The second-order valence-corrected chi connectivity index (χ2v) is 7.60. The minimum absolute atomic E-state index is 0.0458. The van der Waals surface area contributed by atoms with Gasteiger partial charge in [-0.3, -0.25) is 24.6 Å². The van der Waals surface area contributed by atoms with E-state index in [4.69, 9.17) is 4.74 Å². The minimum Gasteiger partial charge on any atom is -0.495 e. The number of carbonyl (C=O) groups excluding carboxylic acids is 2. The molecule has 2 aromatic rings. The number of thioether (sulfide) groups is 1. The quantitative estimate of drug-likeness (QED) is 0.393. The van der Waals surface area contributed by atoms with Gasteiger partial charge in [-0.25, -0.2) is 0 Å². The molecule has 2 amide bonds. The fourth-order valence-electron chi connectivity index (χ4n) is 3.33. The number of rotatable bonds is 6. The van der Waals surface area contributed by atoms with Crippen LogP contribution in [0.5, 0.6) is 5.75 Å². The molecule has 3 rings (SSSR count). The Labute approximate surface area is 172 Å². The van der Waals surface area contributed by atoms with Gasteiger partial charge in [0.15, 0.2) is 0 Å². The maximum Gasteiger partial charge on any atom is 0.293 e. The smallest absolute Gasteiger partial charge is 0.293 e. The molecular weight excluding hydrogens is 394 g/mol. The van der Waals surface area contributed by atoms with Gasteiger partial charge in [0, 0.05) is 30.1 Å². The van der Waals surface area contributed by atoms with Crippen LogP contribution >= 0.6 is 11.8 Å². The lowest BCUT2D eigenvalue weighted by molar-refractivity contribution is -0.384. The van der Waals surface area contributed by atoms with Crippen LogP contribution in [0.1, 0.15) is 30.3 Å². The van der Waals surface area contributed by atoms with Crippen LogP contribution in [0.4, 0.5) is 10.5 Å². The van der Waals surface area contributed by atoms with Gasteiger partial charge in [-0.15, -0.1) is 0 Å². The molecule has 9 heteroatoms. The van der Waals surface area contributed by atoms with Gasteiger partial charge in [0.25, 0.3) is 16.8 Å². The zero-order valence-electron chi connectivity index (χ0n) is 16.6. The molecule has 1 aromatic carbocycles. The van der Waals surface area contributed by atoms with Crippen LogP contribution in [0.25, 0.3) is 11.8 Å². The number of nitro benzene ring substituents is 1. The number of nitro groups is 1. The van der Waals surface area contributed by atoms with E-state index in [2.05, 4.69) is 0 Å². The summed E-state index contributed by atoms with van der Waals surface area (Å²) in [7, 11) is 1.50. The van der Waals surface area contributed by atoms with E-state index < -0.39 is 4.92 Å². The fraction of sp³-hybridized carbons (Fsp3) is 0.300. The first-order valence-corrected chi connectivity index (χ1v) is 9.87. The van der Waals surface area contributed by atoms with Crippen LogP contribution in [0.15, 0.2) is 29.2 Å². The van der Waals surface area contributed by atoms with Gasteiger partial charge in [-0.2, -0.15) is 0 Å². The van der Waals surface area contributed by atoms with E-state index in [1.807, 2.05) is 31.4 Å². The van der Waals surface area contributed by atoms with E-state index in [-0.39, 0.29) is 16.8 Å². The predicted octanol–water partition coefficient (Wildman–Crippen LogP) is 4.46. The molecule has 0 radical (unpaired) electrons. The van der Waals surface area contributed by atoms with Gasteiger partial charge in [-0.1, -0.05) is 6.92 Å². The highest BCUT2D eigenvalue weighted by atomic mass is 32.2. The summed E-state index contributed by atoms with van der Waals surface area (Å²) in [6.07, 6.45) is 2.40. The first-order chi connectivity index (χ1) is 13.8. The molecular formula is C20H21N3O5S. The number of methoxy groups -OCH3 is 1. The molecule has 8 nitrogen and oxygen atoms in total. The monoisotopic (exact) mass is 415 g/mol. The number of non-ortho nitro benzene ring substituents is 1. The lowest BCUT2D eigenvalue weighted by Gasteiger charge is -2.14. The summed E-state index contributed by atoms with van der Waals surface area (Å²) >= 11 is 0.926. The van der Waals surface area contributed by atoms with Gasteiger partial charge in [-0.05, 0) is 55.8 Å². The van der Waals surface area contributed by atoms with E-state index in [9.17, 15) is 19.7 Å². The lowest BCUT2D eigenvalue weighted by atomic mass is 10.2. The maximum absolute atomic E-state index is 12.5. The zero-order chi connectivity index (χ0) is 21.3. The second-order valence-electron chi connectivity index (χ2n) is 6.61. The van der Waals surface area contributed by atoms with Gasteiger partial charge >= 0.3 is 0 Å². The Morgan fingerprint density at radius 2 is 1.97 bits per heavy atom. The summed E-state index contributed by atoms with van der Waals surface area (Å²) in [6.45, 7) is 6.03. The lowest BCUT2D eigenvalue weighted by Crippen LogP contribution is -2.28. The fourth-order valence-corrected chi connectivity index (χ4v) is 4.18. The summed E-state index contributed by atoms with van der Waals surface area (Å²) in [6, 6.07) is 6.28. The SMILES string of the molecule is CCCN1C(=O)S/C(=C/c2cc(C)n(-c3cc([N+](=O)[O-])ccc3OC)c2C)C1=O. The molecule has 1 saturated heterocycles. The van der Waals surface area contributed by atoms with Crippen molar-refractivity contribution in [1.82, 2.24) is 9.47 Å². The molecule has 0 unspecified atom stereocenters. The average molecular weight is 415 g/mol. The van der Waals surface area contributed by atoms with Crippen LogP contribution in [0, 0.1) is 24.0 Å². The van der Waals surface area contributed by atoms with Gasteiger partial charge < -0.3 is 9.30 Å². The third kappa shape index (κ3) is 3.77. The van der Waals surface area contributed by atoms with Crippen molar-refractivity contribution in [3.8, 4) is 11.4 Å². The third-order valence-corrected chi connectivity index (χ3v) is 5.60. The molecule has 0 bridgehead atoms. The molecule has 0 N–H and O–H groups in total. The number of amides is 2. The van der Waals surface area contributed by atoms with Crippen molar-refractivity contribution in [3.05, 3.63) is 56.2 Å². The van der Waals surface area contributed by atoms with E-state index >= 15 is 0 Å². The van der Waals surface area contributed by atoms with Crippen LogP contribution < -0.4 is 4.74 Å². The molecule has 1 fully saturated rings. The average Bonchev–Trinajstić information content (AvgIpc) is 3.11. The highest BCUT2D eigenvalue weighted by Gasteiger charge is 2.34. The summed E-state index contributed by atoms with van der Waals surface area (Å²) < 4.78 is 7.23. The number of aromatic nitrogens is 1. The number of ether oxygens (including phenoxy) is 1. The molecule has 0 saturated carbocycles. The summed E-state index contributed by atoms with van der Waals surface area (Å²) in [4.78, 5) is 37.0. The van der Waals surface area contributed by atoms with Gasteiger partial charge in [0.2, 0.25) is 0 Å². The number of hydrogen-bond donors (Lipinski definition) is 0. The first-order valence-electron chi connectivity index (χ1n) is 9.05. The maximum atomic E-state index is 12.5. The van der Waals surface area contributed by atoms with Crippen molar-refractivity contribution in [2.24, 2.45) is 0 Å². The topological polar surface area (TPSA) is 94.7 Å². The number of benzene rings is 1. The van der Waals surface area contributed by atoms with E-state index in [1.54, 1.807) is 12.1 Å². The Bertz CT molecular complexity index is 1040. The number of imide groups is 1. The highest BCUT2D eigenvalue weighted by molar-refractivity contribution is 8.18. The van der Waals surface area contributed by atoms with Crippen molar-refractivity contribution in [1.29, 1.82) is 0 Å². The summed E-state index contributed by atoms with van der Waals surface area (Å²) in [5, 5.41) is 10.9. The number of carbonyl (C=O) groups is 2. The van der Waals surface area contributed by atoms with Gasteiger partial charge in [0.1, 0.15) is 5.75 Å². The molecule has 0 aliphatic carbocycles. The molecule has 1 aliphatic heterocycles. The van der Waals surface area contributed by atoms with Crippen molar-refractivity contribution >= 4 is 34.7 Å². The number of aryl methyl sites for hydroxylation is 1. The molecule has 1 aliphatic rings. The largest absolute Gasteiger partial charge is 0.495 e. The van der Waals surface area contributed by atoms with E-state index in [1.165, 1.54) is 24.1 Å². The molecule has 29 heavy (non-hydrogen) atoms. The van der Waals surface area contributed by atoms with E-state index in [0.29, 0.717) is 29.3 Å². The molecule has 0 spiro atoms. The minimum atomic E-state index is -0.457. The Balaban J connectivity index is 2.07. The van der Waals surface area contributed by atoms with Crippen LogP contribution in [0.2, 0.25) is 0 Å². The Morgan fingerprint density at radius 1 is 1.24 bits per heavy atom. The van der Waals surface area contributed by atoms with E-state index in [0.717, 1.165) is 28.7 Å². The molecule has 0 atom stereocenters. The van der Waals surface area contributed by atoms with Crippen molar-refractivity contribution in [2.45, 2.75) is 27.2 Å². The number of hydrogen-bond acceptors (Lipinski definition) is 6. The Kier molecular flexibility index (Phi) is 5.78. The van der Waals surface area contributed by atoms with Crippen LogP contribution in [-0.2, 0) is 4.79 Å². The van der Waals surface area contributed by atoms with Crippen LogP contribution in [0.3, 0.4) is 0 Å². The summed E-state index contributed by atoms with van der Waals surface area (Å²) in [5.41, 5.74) is 2.85. The highest BCUT2D eigenvalue weighted by Crippen LogP contribution is 2.35. The third-order valence-electron chi connectivity index (χ3n) is 4.69. The zero-order valence-corrected chi connectivity index (χ0v) is 17.4.